The van der Waals surface area contributed by atoms with Gasteiger partial charge in [-0.25, -0.2) is 4.79 Å². The van der Waals surface area contributed by atoms with E-state index < -0.39 is 6.09 Å². The van der Waals surface area contributed by atoms with Gasteiger partial charge in [-0.2, -0.15) is 0 Å². The van der Waals surface area contributed by atoms with Crippen LogP contribution in [-0.2, 0) is 0 Å². The van der Waals surface area contributed by atoms with Crippen LogP contribution in [0.4, 0.5) is 10.6 Å². The standard InChI is InChI=1S/C16H20ClN5O2/c1-21(2)16(7-8-18-15(23)24)9-22(10-16)14-12-6-4-3-5-11(12)13(17)19-20-14/h3-6,18H,7-10H2,1-2H3,(H,23,24). The fourth-order valence-electron chi connectivity index (χ4n) is 3.17. The first-order valence-electron chi connectivity index (χ1n) is 7.73. The van der Waals surface area contributed by atoms with Gasteiger partial charge in [0.05, 0.1) is 5.54 Å². The summed E-state index contributed by atoms with van der Waals surface area (Å²) in [7, 11) is 4.04. The average molecular weight is 350 g/mol. The number of aromatic nitrogens is 2. The lowest BCUT2D eigenvalue weighted by Gasteiger charge is -2.54. The third kappa shape index (κ3) is 2.97. The Morgan fingerprint density at radius 3 is 2.62 bits per heavy atom. The van der Waals surface area contributed by atoms with E-state index in [0.29, 0.717) is 11.7 Å². The van der Waals surface area contributed by atoms with Crippen LogP contribution in [0.1, 0.15) is 6.42 Å². The fourth-order valence-corrected chi connectivity index (χ4v) is 3.37. The van der Waals surface area contributed by atoms with Gasteiger partial charge in [-0.15, -0.1) is 10.2 Å². The predicted molar refractivity (Wildman–Crippen MR) is 93.8 cm³/mol. The van der Waals surface area contributed by atoms with Crippen LogP contribution in [-0.4, -0.2) is 65.6 Å². The molecule has 2 heterocycles. The highest BCUT2D eigenvalue weighted by molar-refractivity contribution is 6.34. The van der Waals surface area contributed by atoms with E-state index in [1.807, 2.05) is 38.4 Å². The quantitative estimate of drug-likeness (QED) is 0.860. The summed E-state index contributed by atoms with van der Waals surface area (Å²) in [6.45, 7) is 1.96. The number of fused-ring (bicyclic) bond motifs is 1. The van der Waals surface area contributed by atoms with Gasteiger partial charge in [-0.3, -0.25) is 0 Å². The van der Waals surface area contributed by atoms with E-state index in [-0.39, 0.29) is 5.54 Å². The number of likely N-dealkylation sites (N-methyl/N-ethyl adjacent to an activating group) is 1. The van der Waals surface area contributed by atoms with Crippen molar-refractivity contribution in [3.8, 4) is 0 Å². The third-order valence-corrected chi connectivity index (χ3v) is 4.99. The van der Waals surface area contributed by atoms with E-state index in [4.69, 9.17) is 16.7 Å². The summed E-state index contributed by atoms with van der Waals surface area (Å²) in [6, 6.07) is 7.82. The fraction of sp³-hybridized carbons (Fsp3) is 0.438. The Morgan fingerprint density at radius 2 is 2.00 bits per heavy atom. The predicted octanol–water partition coefficient (Wildman–Crippen LogP) is 2.06. The Morgan fingerprint density at radius 1 is 1.33 bits per heavy atom. The van der Waals surface area contributed by atoms with Crippen molar-refractivity contribution in [3.63, 3.8) is 0 Å². The Bertz CT molecular complexity index is 761. The van der Waals surface area contributed by atoms with Crippen LogP contribution in [0.25, 0.3) is 10.8 Å². The van der Waals surface area contributed by atoms with Crippen LogP contribution >= 0.6 is 11.6 Å². The second kappa shape index (κ2) is 6.41. The first kappa shape index (κ1) is 16.7. The number of rotatable bonds is 5. The van der Waals surface area contributed by atoms with Crippen LogP contribution in [0.15, 0.2) is 24.3 Å². The summed E-state index contributed by atoms with van der Waals surface area (Å²) in [5, 5.41) is 21.8. The van der Waals surface area contributed by atoms with Gasteiger partial charge in [-0.1, -0.05) is 35.9 Å². The van der Waals surface area contributed by atoms with Gasteiger partial charge < -0.3 is 20.2 Å². The largest absolute Gasteiger partial charge is 0.465 e. The monoisotopic (exact) mass is 349 g/mol. The summed E-state index contributed by atoms with van der Waals surface area (Å²) >= 11 is 6.14. The van der Waals surface area contributed by atoms with Gasteiger partial charge in [0.2, 0.25) is 0 Å². The minimum atomic E-state index is -0.991. The lowest BCUT2D eigenvalue weighted by molar-refractivity contribution is 0.100. The summed E-state index contributed by atoms with van der Waals surface area (Å²) in [6.07, 6.45) is -0.253. The molecule has 7 nitrogen and oxygen atoms in total. The van der Waals surface area contributed by atoms with Crippen molar-refractivity contribution < 1.29 is 9.90 Å². The Balaban J connectivity index is 1.79. The zero-order chi connectivity index (χ0) is 17.3. The maximum absolute atomic E-state index is 10.7. The van der Waals surface area contributed by atoms with Crippen LogP contribution in [0, 0.1) is 0 Å². The van der Waals surface area contributed by atoms with Gasteiger partial charge in [0, 0.05) is 30.4 Å². The molecule has 128 valence electrons. The molecule has 0 spiro atoms. The van der Waals surface area contributed by atoms with E-state index in [0.717, 1.165) is 36.1 Å². The highest BCUT2D eigenvalue weighted by Gasteiger charge is 2.45. The van der Waals surface area contributed by atoms with Crippen LogP contribution in [0.3, 0.4) is 0 Å². The van der Waals surface area contributed by atoms with Gasteiger partial charge in [0.1, 0.15) is 0 Å². The van der Waals surface area contributed by atoms with Crippen molar-refractivity contribution in [3.05, 3.63) is 29.4 Å². The number of carboxylic acid groups (broad SMARTS) is 1. The molecule has 1 aromatic carbocycles. The molecule has 0 radical (unpaired) electrons. The van der Waals surface area contributed by atoms with Crippen LogP contribution in [0.2, 0.25) is 5.15 Å². The van der Waals surface area contributed by atoms with Crippen molar-refractivity contribution in [2.45, 2.75) is 12.0 Å². The average Bonchev–Trinajstić information content (AvgIpc) is 2.50. The molecule has 2 aromatic rings. The molecule has 24 heavy (non-hydrogen) atoms. The highest BCUT2D eigenvalue weighted by atomic mass is 35.5. The first-order valence-corrected chi connectivity index (χ1v) is 8.11. The minimum Gasteiger partial charge on any atom is -0.465 e. The van der Waals surface area contributed by atoms with Crippen molar-refractivity contribution in [2.75, 3.05) is 38.6 Å². The summed E-state index contributed by atoms with van der Waals surface area (Å²) in [4.78, 5) is 15.0. The normalized spacial score (nSPS) is 16.2. The molecule has 0 bridgehead atoms. The molecular weight excluding hydrogens is 330 g/mol. The number of anilines is 1. The molecule has 1 fully saturated rings. The van der Waals surface area contributed by atoms with E-state index in [1.54, 1.807) is 0 Å². The lowest BCUT2D eigenvalue weighted by atomic mass is 9.84. The molecule has 1 aliphatic heterocycles. The molecule has 1 amide bonds. The maximum atomic E-state index is 10.7. The Hall–Kier alpha value is -2.12. The number of amides is 1. The van der Waals surface area contributed by atoms with Gasteiger partial charge in [0.25, 0.3) is 0 Å². The SMILES string of the molecule is CN(C)C1(CCNC(=O)O)CN(c2nnc(Cl)c3ccccc23)C1. The second-order valence-corrected chi connectivity index (χ2v) is 6.67. The molecule has 2 N–H and O–H groups in total. The molecule has 3 rings (SSSR count). The molecule has 0 saturated carbocycles. The Labute approximate surface area is 145 Å². The first-order chi connectivity index (χ1) is 11.4. The molecule has 1 aromatic heterocycles. The second-order valence-electron chi connectivity index (χ2n) is 6.32. The summed E-state index contributed by atoms with van der Waals surface area (Å²) < 4.78 is 0. The minimum absolute atomic E-state index is 0.0785. The number of nitrogens with zero attached hydrogens (tertiary/aromatic N) is 4. The van der Waals surface area contributed by atoms with Crippen LogP contribution in [0.5, 0.6) is 0 Å². The lowest BCUT2D eigenvalue weighted by Crippen LogP contribution is -2.69. The van der Waals surface area contributed by atoms with Crippen molar-refractivity contribution in [2.24, 2.45) is 0 Å². The smallest absolute Gasteiger partial charge is 0.404 e. The van der Waals surface area contributed by atoms with Crippen molar-refractivity contribution >= 4 is 34.3 Å². The van der Waals surface area contributed by atoms with Gasteiger partial charge in [0.15, 0.2) is 11.0 Å². The van der Waals surface area contributed by atoms with Gasteiger partial charge in [-0.05, 0) is 20.5 Å². The molecule has 0 aliphatic carbocycles. The molecule has 0 atom stereocenters. The number of benzene rings is 1. The Kier molecular flexibility index (Phi) is 4.47. The number of carbonyl (C=O) groups is 1. The third-order valence-electron chi connectivity index (χ3n) is 4.71. The van der Waals surface area contributed by atoms with Crippen LogP contribution < -0.4 is 10.2 Å². The molecule has 1 aliphatic rings. The summed E-state index contributed by atoms with van der Waals surface area (Å²) in [5.41, 5.74) is -0.0785. The molecule has 1 saturated heterocycles. The van der Waals surface area contributed by atoms with Crippen molar-refractivity contribution in [1.29, 1.82) is 0 Å². The van der Waals surface area contributed by atoms with E-state index in [2.05, 4.69) is 25.3 Å². The maximum Gasteiger partial charge on any atom is 0.404 e. The number of halogens is 1. The zero-order valence-electron chi connectivity index (χ0n) is 13.7. The zero-order valence-corrected chi connectivity index (χ0v) is 14.4. The number of nitrogens with one attached hydrogen (secondary N) is 1. The van der Waals surface area contributed by atoms with Gasteiger partial charge >= 0.3 is 6.09 Å². The topological polar surface area (TPSA) is 81.6 Å². The van der Waals surface area contributed by atoms with Crippen molar-refractivity contribution in [1.82, 2.24) is 20.4 Å². The highest BCUT2D eigenvalue weighted by Crippen LogP contribution is 2.36. The molecule has 0 unspecified atom stereocenters. The van der Waals surface area contributed by atoms with E-state index in [9.17, 15) is 4.79 Å². The summed E-state index contributed by atoms with van der Waals surface area (Å²) in [5.74, 6) is 0.818. The number of hydrogen-bond acceptors (Lipinski definition) is 5. The molecule has 8 heteroatoms. The number of hydrogen-bond donors (Lipinski definition) is 2. The molecular formula is C16H20ClN5O2. The van der Waals surface area contributed by atoms with E-state index >= 15 is 0 Å². The van der Waals surface area contributed by atoms with E-state index in [1.165, 1.54) is 0 Å².